The first-order chi connectivity index (χ1) is 14.6. The van der Waals surface area contributed by atoms with Gasteiger partial charge in [0.1, 0.15) is 0 Å². The van der Waals surface area contributed by atoms with E-state index in [1.54, 1.807) is 14.2 Å². The highest BCUT2D eigenvalue weighted by atomic mass is 17.2. The van der Waals surface area contributed by atoms with Crippen LogP contribution >= 0.6 is 0 Å². The average molecular weight is 432 g/mol. The Morgan fingerprint density at radius 1 is 0.800 bits per heavy atom. The summed E-state index contributed by atoms with van der Waals surface area (Å²) in [7, 11) is 3.22. The van der Waals surface area contributed by atoms with Gasteiger partial charge in [0.05, 0.1) is 20.3 Å². The largest absolute Gasteiger partial charge is 0.385 e. The van der Waals surface area contributed by atoms with E-state index in [-0.39, 0.29) is 5.91 Å². The molecule has 0 saturated carbocycles. The van der Waals surface area contributed by atoms with Gasteiger partial charge in [-0.3, -0.25) is 14.6 Å². The lowest BCUT2D eigenvalue weighted by molar-refractivity contribution is -0.273. The molecular weight excluding hydrogens is 386 g/mol. The Kier molecular flexibility index (Phi) is 16.2. The molecule has 1 amide bonds. The van der Waals surface area contributed by atoms with E-state index in [1.807, 2.05) is 0 Å². The highest BCUT2D eigenvalue weighted by molar-refractivity contribution is 5.77. The Hall–Kier alpha value is -0.810. The first kappa shape index (κ1) is 27.2. The topological polar surface area (TPSA) is 69.8 Å². The number of ether oxygens (including phenoxy) is 1. The number of rotatable bonds is 12. The second kappa shape index (κ2) is 17.8. The molecule has 9 heteroatoms. The van der Waals surface area contributed by atoms with E-state index in [1.165, 1.54) is 0 Å². The first-order valence-corrected chi connectivity index (χ1v) is 11.4. The molecule has 0 spiro atoms. The smallest absolute Gasteiger partial charge is 0.234 e. The summed E-state index contributed by atoms with van der Waals surface area (Å²) in [5, 5.41) is 3.01. The number of carbonyl (C=O) groups excluding carboxylic acids is 1. The molecule has 0 aliphatic carbocycles. The molecule has 0 radical (unpaired) electrons. The van der Waals surface area contributed by atoms with Gasteiger partial charge in [0.2, 0.25) is 5.91 Å². The summed E-state index contributed by atoms with van der Waals surface area (Å²) in [4.78, 5) is 31.9. The van der Waals surface area contributed by atoms with Crippen molar-refractivity contribution < 1.29 is 19.3 Å². The van der Waals surface area contributed by atoms with Crippen molar-refractivity contribution in [3.05, 3.63) is 0 Å². The Balaban J connectivity index is 2.66. The monoisotopic (exact) mass is 431 g/mol. The zero-order valence-corrected chi connectivity index (χ0v) is 19.7. The molecule has 1 heterocycles. The number of carbonyl (C=O) groups is 1. The molecule has 0 aromatic carbocycles. The van der Waals surface area contributed by atoms with E-state index in [2.05, 4.69) is 38.8 Å². The average Bonchev–Trinajstić information content (AvgIpc) is 2.75. The SMILES string of the molecule is CCN1CCN(CC)CCN(CC(=O)NCCCOC)CCN(CCOOC)CC1. The first-order valence-electron chi connectivity index (χ1n) is 11.4. The van der Waals surface area contributed by atoms with Crippen molar-refractivity contribution in [3.63, 3.8) is 0 Å². The zero-order chi connectivity index (χ0) is 22.0. The summed E-state index contributed by atoms with van der Waals surface area (Å²) in [6.45, 7) is 17.5. The highest BCUT2D eigenvalue weighted by Crippen LogP contribution is 2.01. The number of amides is 1. The number of hydrogen-bond donors (Lipinski definition) is 1. The number of nitrogens with one attached hydrogen (secondary N) is 1. The second-order valence-electron chi connectivity index (χ2n) is 7.67. The third kappa shape index (κ3) is 12.8. The molecule has 0 bridgehead atoms. The van der Waals surface area contributed by atoms with Crippen LogP contribution in [-0.2, 0) is 19.3 Å². The van der Waals surface area contributed by atoms with E-state index in [4.69, 9.17) is 14.5 Å². The van der Waals surface area contributed by atoms with Crippen LogP contribution in [0.2, 0.25) is 0 Å². The van der Waals surface area contributed by atoms with E-state index < -0.39 is 0 Å². The normalized spacial score (nSPS) is 19.3. The fourth-order valence-corrected chi connectivity index (χ4v) is 3.55. The fourth-order valence-electron chi connectivity index (χ4n) is 3.55. The number of nitrogens with zero attached hydrogens (tertiary/aromatic N) is 4. The van der Waals surface area contributed by atoms with Crippen molar-refractivity contribution in [2.75, 3.05) is 113 Å². The molecular formula is C21H45N5O4. The van der Waals surface area contributed by atoms with Crippen molar-refractivity contribution in [3.8, 4) is 0 Å². The molecule has 178 valence electrons. The van der Waals surface area contributed by atoms with Gasteiger partial charge >= 0.3 is 0 Å². The molecule has 0 aromatic rings. The van der Waals surface area contributed by atoms with E-state index >= 15 is 0 Å². The van der Waals surface area contributed by atoms with Crippen molar-refractivity contribution in [2.45, 2.75) is 20.3 Å². The minimum atomic E-state index is 0.0904. The highest BCUT2D eigenvalue weighted by Gasteiger charge is 2.17. The van der Waals surface area contributed by atoms with E-state index in [0.29, 0.717) is 26.3 Å². The van der Waals surface area contributed by atoms with Gasteiger partial charge in [-0.05, 0) is 19.5 Å². The lowest BCUT2D eigenvalue weighted by Crippen LogP contribution is -2.48. The summed E-state index contributed by atoms with van der Waals surface area (Å²) in [6.07, 6.45) is 0.840. The van der Waals surface area contributed by atoms with Crippen LogP contribution in [0.5, 0.6) is 0 Å². The minimum Gasteiger partial charge on any atom is -0.385 e. The Labute approximate surface area is 183 Å². The Morgan fingerprint density at radius 3 is 1.83 bits per heavy atom. The maximum atomic E-state index is 12.4. The molecule has 1 N–H and O–H groups in total. The molecule has 0 unspecified atom stereocenters. The van der Waals surface area contributed by atoms with Gasteiger partial charge in [0.15, 0.2) is 0 Å². The summed E-state index contributed by atoms with van der Waals surface area (Å²) in [5.41, 5.74) is 0. The third-order valence-corrected chi connectivity index (χ3v) is 5.65. The summed E-state index contributed by atoms with van der Waals surface area (Å²) < 4.78 is 5.05. The summed E-state index contributed by atoms with van der Waals surface area (Å²) in [5.74, 6) is 0.0904. The van der Waals surface area contributed by atoms with Gasteiger partial charge < -0.3 is 19.9 Å². The molecule has 1 rings (SSSR count). The van der Waals surface area contributed by atoms with Crippen LogP contribution in [0.3, 0.4) is 0 Å². The molecule has 1 fully saturated rings. The van der Waals surface area contributed by atoms with Crippen LogP contribution in [0.15, 0.2) is 0 Å². The van der Waals surface area contributed by atoms with Gasteiger partial charge in [-0.15, -0.1) is 0 Å². The van der Waals surface area contributed by atoms with Crippen LogP contribution in [-0.4, -0.2) is 138 Å². The maximum absolute atomic E-state index is 12.4. The van der Waals surface area contributed by atoms with Crippen LogP contribution in [0.1, 0.15) is 20.3 Å². The predicted molar refractivity (Wildman–Crippen MR) is 120 cm³/mol. The lowest BCUT2D eigenvalue weighted by Gasteiger charge is -2.33. The van der Waals surface area contributed by atoms with E-state index in [0.717, 1.165) is 78.4 Å². The van der Waals surface area contributed by atoms with Crippen molar-refractivity contribution in [2.24, 2.45) is 0 Å². The van der Waals surface area contributed by atoms with Gasteiger partial charge in [0, 0.05) is 79.2 Å². The molecule has 9 nitrogen and oxygen atoms in total. The number of methoxy groups -OCH3 is 1. The van der Waals surface area contributed by atoms with Crippen LogP contribution in [0.4, 0.5) is 0 Å². The maximum Gasteiger partial charge on any atom is 0.234 e. The molecule has 1 aliphatic heterocycles. The fraction of sp³-hybridized carbons (Fsp3) is 0.952. The standard InChI is InChI=1S/C21H45N5O4/c1-5-23-9-10-24(6-2)12-15-26(20-21(27)22-8-7-18-28-3)16-14-25(13-11-23)17-19-30-29-4/h5-20H2,1-4H3,(H,22,27). The third-order valence-electron chi connectivity index (χ3n) is 5.65. The Morgan fingerprint density at radius 2 is 1.33 bits per heavy atom. The minimum absolute atomic E-state index is 0.0904. The zero-order valence-electron chi connectivity index (χ0n) is 19.7. The molecule has 30 heavy (non-hydrogen) atoms. The van der Waals surface area contributed by atoms with Crippen LogP contribution < -0.4 is 5.32 Å². The molecule has 0 aromatic heterocycles. The quantitative estimate of drug-likeness (QED) is 0.263. The second-order valence-corrected chi connectivity index (χ2v) is 7.67. The summed E-state index contributed by atoms with van der Waals surface area (Å²) in [6, 6.07) is 0. The number of likely N-dealkylation sites (N-methyl/N-ethyl adjacent to an activating group) is 2. The number of hydrogen-bond acceptors (Lipinski definition) is 8. The summed E-state index contributed by atoms with van der Waals surface area (Å²) >= 11 is 0. The van der Waals surface area contributed by atoms with Crippen molar-refractivity contribution >= 4 is 5.91 Å². The van der Waals surface area contributed by atoms with E-state index in [9.17, 15) is 4.79 Å². The van der Waals surface area contributed by atoms with Crippen molar-refractivity contribution in [1.82, 2.24) is 24.9 Å². The molecule has 1 saturated heterocycles. The van der Waals surface area contributed by atoms with Gasteiger partial charge in [0.25, 0.3) is 0 Å². The molecule has 1 aliphatic rings. The predicted octanol–water partition coefficient (Wildman–Crippen LogP) is -0.0215. The van der Waals surface area contributed by atoms with Gasteiger partial charge in [-0.2, -0.15) is 0 Å². The Bertz CT molecular complexity index is 430. The van der Waals surface area contributed by atoms with Crippen LogP contribution in [0, 0.1) is 0 Å². The molecule has 0 atom stereocenters. The van der Waals surface area contributed by atoms with Crippen LogP contribution in [0.25, 0.3) is 0 Å². The van der Waals surface area contributed by atoms with Gasteiger partial charge in [-0.25, -0.2) is 9.78 Å². The van der Waals surface area contributed by atoms with Crippen molar-refractivity contribution in [1.29, 1.82) is 0 Å². The lowest BCUT2D eigenvalue weighted by atomic mass is 10.3. The van der Waals surface area contributed by atoms with Gasteiger partial charge in [-0.1, -0.05) is 13.8 Å².